The van der Waals surface area contributed by atoms with Crippen molar-refractivity contribution in [3.63, 3.8) is 0 Å². The number of ether oxygens (including phenoxy) is 1. The molecule has 0 fully saturated rings. The Labute approximate surface area is 124 Å². The Bertz CT molecular complexity index is 545. The number of fused-ring (bicyclic) bond motifs is 1. The van der Waals surface area contributed by atoms with Crippen LogP contribution < -0.4 is 4.74 Å². The lowest BCUT2D eigenvalue weighted by atomic mass is 10.1. The van der Waals surface area contributed by atoms with Crippen LogP contribution in [0.4, 0.5) is 0 Å². The molecule has 4 heteroatoms. The number of aliphatic hydroxyl groups excluding tert-OH is 1. The number of hydrogen-bond acceptors (Lipinski definition) is 3. The monoisotopic (exact) mass is 293 g/mol. The molecule has 0 radical (unpaired) electrons. The van der Waals surface area contributed by atoms with Gasteiger partial charge in [0.25, 0.3) is 0 Å². The Balaban J connectivity index is 1.84. The van der Waals surface area contributed by atoms with E-state index in [-0.39, 0.29) is 0 Å². The molecule has 1 heterocycles. The summed E-state index contributed by atoms with van der Waals surface area (Å²) < 4.78 is 5.83. The number of pyridine rings is 1. The minimum Gasteiger partial charge on any atom is -0.493 e. The number of aliphatic hydroxyl groups is 1. The van der Waals surface area contributed by atoms with Gasteiger partial charge in [-0.3, -0.25) is 0 Å². The SMILES string of the molecule is OCCCCCCCOc1cccc2nc(Cl)ccc12. The van der Waals surface area contributed by atoms with Crippen LogP contribution in [0, 0.1) is 0 Å². The first-order chi connectivity index (χ1) is 9.81. The van der Waals surface area contributed by atoms with E-state index in [1.165, 1.54) is 0 Å². The van der Waals surface area contributed by atoms with E-state index in [1.54, 1.807) is 6.07 Å². The van der Waals surface area contributed by atoms with Gasteiger partial charge in [-0.25, -0.2) is 4.98 Å². The Hall–Kier alpha value is -1.32. The number of nitrogens with zero attached hydrogens (tertiary/aromatic N) is 1. The average Bonchev–Trinajstić information content (AvgIpc) is 2.46. The van der Waals surface area contributed by atoms with Crippen molar-refractivity contribution in [2.75, 3.05) is 13.2 Å². The number of hydrogen-bond donors (Lipinski definition) is 1. The van der Waals surface area contributed by atoms with Gasteiger partial charge in [0.2, 0.25) is 0 Å². The number of rotatable bonds is 8. The van der Waals surface area contributed by atoms with E-state index in [0.29, 0.717) is 18.4 Å². The molecule has 2 rings (SSSR count). The zero-order valence-electron chi connectivity index (χ0n) is 11.5. The van der Waals surface area contributed by atoms with E-state index in [0.717, 1.165) is 48.8 Å². The van der Waals surface area contributed by atoms with Crippen LogP contribution in [-0.4, -0.2) is 23.3 Å². The fraction of sp³-hybridized carbons (Fsp3) is 0.438. The molecule has 0 amide bonds. The summed E-state index contributed by atoms with van der Waals surface area (Å²) in [5.41, 5.74) is 0.859. The zero-order valence-corrected chi connectivity index (χ0v) is 12.3. The summed E-state index contributed by atoms with van der Waals surface area (Å²) in [5, 5.41) is 10.2. The van der Waals surface area contributed by atoms with Crippen LogP contribution in [0.2, 0.25) is 5.15 Å². The zero-order chi connectivity index (χ0) is 14.2. The molecule has 0 bridgehead atoms. The predicted molar refractivity (Wildman–Crippen MR) is 82.4 cm³/mol. The second kappa shape index (κ2) is 8.08. The molecule has 0 atom stereocenters. The Morgan fingerprint density at radius 2 is 1.80 bits per heavy atom. The van der Waals surface area contributed by atoms with Crippen LogP contribution in [0.5, 0.6) is 5.75 Å². The summed E-state index contributed by atoms with van der Waals surface area (Å²) >= 11 is 5.89. The lowest BCUT2D eigenvalue weighted by Crippen LogP contribution is -1.98. The van der Waals surface area contributed by atoms with Crippen LogP contribution >= 0.6 is 11.6 Å². The van der Waals surface area contributed by atoms with Gasteiger partial charge in [-0.2, -0.15) is 0 Å². The van der Waals surface area contributed by atoms with Crippen LogP contribution in [0.25, 0.3) is 10.9 Å². The fourth-order valence-corrected chi connectivity index (χ4v) is 2.31. The van der Waals surface area contributed by atoms with Gasteiger partial charge in [0.15, 0.2) is 0 Å². The van der Waals surface area contributed by atoms with Crippen molar-refractivity contribution in [2.45, 2.75) is 32.1 Å². The van der Waals surface area contributed by atoms with Crippen molar-refractivity contribution in [2.24, 2.45) is 0 Å². The summed E-state index contributed by atoms with van der Waals surface area (Å²) in [6, 6.07) is 9.56. The largest absolute Gasteiger partial charge is 0.493 e. The summed E-state index contributed by atoms with van der Waals surface area (Å²) in [7, 11) is 0. The van der Waals surface area contributed by atoms with Crippen molar-refractivity contribution in [3.8, 4) is 5.75 Å². The third-order valence-corrected chi connectivity index (χ3v) is 3.43. The van der Waals surface area contributed by atoms with Gasteiger partial charge in [-0.15, -0.1) is 0 Å². The minimum absolute atomic E-state index is 0.294. The molecule has 1 N–H and O–H groups in total. The molecule has 0 saturated carbocycles. The molecule has 1 aromatic carbocycles. The first-order valence-corrected chi connectivity index (χ1v) is 7.48. The van der Waals surface area contributed by atoms with Crippen molar-refractivity contribution < 1.29 is 9.84 Å². The summed E-state index contributed by atoms with van der Waals surface area (Å²) in [5.74, 6) is 0.863. The van der Waals surface area contributed by atoms with Gasteiger partial charge >= 0.3 is 0 Å². The van der Waals surface area contributed by atoms with Gasteiger partial charge in [0.1, 0.15) is 10.9 Å². The van der Waals surface area contributed by atoms with Gasteiger partial charge < -0.3 is 9.84 Å². The quantitative estimate of drug-likeness (QED) is 0.585. The number of aromatic nitrogens is 1. The maximum Gasteiger partial charge on any atom is 0.129 e. The smallest absolute Gasteiger partial charge is 0.129 e. The number of halogens is 1. The molecule has 1 aromatic heterocycles. The Morgan fingerprint density at radius 1 is 1.00 bits per heavy atom. The molecule has 0 aliphatic heterocycles. The van der Waals surface area contributed by atoms with Crippen molar-refractivity contribution in [1.82, 2.24) is 4.98 Å². The van der Waals surface area contributed by atoms with E-state index < -0.39 is 0 Å². The Kier molecular flexibility index (Phi) is 6.09. The summed E-state index contributed by atoms with van der Waals surface area (Å²) in [6.07, 6.45) is 5.30. The highest BCUT2D eigenvalue weighted by molar-refractivity contribution is 6.29. The second-order valence-corrected chi connectivity index (χ2v) is 5.18. The first kappa shape index (κ1) is 15.1. The van der Waals surface area contributed by atoms with Crippen molar-refractivity contribution in [1.29, 1.82) is 0 Å². The van der Waals surface area contributed by atoms with Crippen LogP contribution in [-0.2, 0) is 0 Å². The molecule has 0 saturated heterocycles. The molecule has 108 valence electrons. The number of unbranched alkanes of at least 4 members (excludes halogenated alkanes) is 4. The first-order valence-electron chi connectivity index (χ1n) is 7.10. The second-order valence-electron chi connectivity index (χ2n) is 4.80. The van der Waals surface area contributed by atoms with Crippen LogP contribution in [0.15, 0.2) is 30.3 Å². The molecule has 2 aromatic rings. The molecule has 20 heavy (non-hydrogen) atoms. The van der Waals surface area contributed by atoms with E-state index in [2.05, 4.69) is 4.98 Å². The molecule has 0 aliphatic carbocycles. The van der Waals surface area contributed by atoms with E-state index in [1.807, 2.05) is 24.3 Å². The summed E-state index contributed by atoms with van der Waals surface area (Å²) in [6.45, 7) is 1.00. The average molecular weight is 294 g/mol. The van der Waals surface area contributed by atoms with Gasteiger partial charge in [0, 0.05) is 12.0 Å². The molecular weight excluding hydrogens is 274 g/mol. The molecule has 0 spiro atoms. The van der Waals surface area contributed by atoms with Crippen LogP contribution in [0.1, 0.15) is 32.1 Å². The van der Waals surface area contributed by atoms with E-state index in [9.17, 15) is 0 Å². The van der Waals surface area contributed by atoms with Gasteiger partial charge in [-0.1, -0.05) is 36.9 Å². The third kappa shape index (κ3) is 4.36. The van der Waals surface area contributed by atoms with Crippen molar-refractivity contribution in [3.05, 3.63) is 35.5 Å². The number of benzene rings is 1. The maximum absolute atomic E-state index is 8.70. The lowest BCUT2D eigenvalue weighted by Gasteiger charge is -2.09. The summed E-state index contributed by atoms with van der Waals surface area (Å²) in [4.78, 5) is 4.28. The van der Waals surface area contributed by atoms with Crippen LogP contribution in [0.3, 0.4) is 0 Å². The highest BCUT2D eigenvalue weighted by Crippen LogP contribution is 2.25. The molecule has 3 nitrogen and oxygen atoms in total. The maximum atomic E-state index is 8.70. The molecule has 0 unspecified atom stereocenters. The highest BCUT2D eigenvalue weighted by atomic mass is 35.5. The van der Waals surface area contributed by atoms with Gasteiger partial charge in [0.05, 0.1) is 12.1 Å². The standard InChI is InChI=1S/C16H20ClNO2/c17-16-10-9-13-14(18-16)7-6-8-15(13)20-12-5-3-1-2-4-11-19/h6-10,19H,1-5,11-12H2. The topological polar surface area (TPSA) is 42.4 Å². The fourth-order valence-electron chi connectivity index (χ4n) is 2.15. The van der Waals surface area contributed by atoms with E-state index in [4.69, 9.17) is 21.4 Å². The highest BCUT2D eigenvalue weighted by Gasteiger charge is 2.03. The van der Waals surface area contributed by atoms with Crippen molar-refractivity contribution >= 4 is 22.5 Å². The lowest BCUT2D eigenvalue weighted by molar-refractivity contribution is 0.278. The van der Waals surface area contributed by atoms with E-state index >= 15 is 0 Å². The minimum atomic E-state index is 0.294. The normalized spacial score (nSPS) is 10.9. The molecule has 0 aliphatic rings. The predicted octanol–water partition coefficient (Wildman–Crippen LogP) is 4.21. The van der Waals surface area contributed by atoms with Gasteiger partial charge in [-0.05, 0) is 37.1 Å². The Morgan fingerprint density at radius 3 is 2.65 bits per heavy atom. The molecular formula is C16H20ClNO2. The third-order valence-electron chi connectivity index (χ3n) is 3.22.